The third kappa shape index (κ3) is 2.83. The molecule has 5 aliphatic carbocycles. The molecule has 0 bridgehead atoms. The minimum atomic E-state index is -0.122. The molecular formula is C30H50O. The largest absolute Gasteiger partial charge is 0.393 e. The van der Waals surface area contributed by atoms with Crippen LogP contribution in [0.2, 0.25) is 0 Å². The fourth-order valence-electron chi connectivity index (χ4n) is 10.8. The lowest BCUT2D eigenvalue weighted by atomic mass is 9.35. The van der Waals surface area contributed by atoms with Gasteiger partial charge in [-0.25, -0.2) is 0 Å². The quantitative estimate of drug-likeness (QED) is 0.387. The summed E-state index contributed by atoms with van der Waals surface area (Å²) < 4.78 is 0. The first-order valence-electron chi connectivity index (χ1n) is 13.6. The van der Waals surface area contributed by atoms with E-state index in [-0.39, 0.29) is 11.5 Å². The smallest absolute Gasteiger partial charge is 0.0594 e. The standard InChI is InChI=1S/C30H50O/c1-25(2)17-18-27(5)13-9-21-29(7)14-10-20-26(3,4)24(31)12-16-28(20,6)22(29)11-15-30(21,8)23(27)19-25/h9,20,22-24,31H,10-19H2,1-8H3/t20-,22+,23-,24+,27+,28+,29+,30-/m1/s1. The summed E-state index contributed by atoms with van der Waals surface area (Å²) in [4.78, 5) is 0. The van der Waals surface area contributed by atoms with E-state index in [1.54, 1.807) is 0 Å². The molecule has 5 rings (SSSR count). The molecule has 1 heteroatoms. The third-order valence-electron chi connectivity index (χ3n) is 12.7. The zero-order chi connectivity index (χ0) is 22.7. The molecular weight excluding hydrogens is 376 g/mol. The van der Waals surface area contributed by atoms with Gasteiger partial charge in [-0.3, -0.25) is 0 Å². The molecule has 8 atom stereocenters. The predicted molar refractivity (Wildman–Crippen MR) is 131 cm³/mol. The van der Waals surface area contributed by atoms with E-state index >= 15 is 0 Å². The van der Waals surface area contributed by atoms with Gasteiger partial charge in [0.15, 0.2) is 0 Å². The van der Waals surface area contributed by atoms with Gasteiger partial charge in [0.05, 0.1) is 6.10 Å². The van der Waals surface area contributed by atoms with Crippen molar-refractivity contribution in [3.63, 3.8) is 0 Å². The Morgan fingerprint density at radius 2 is 1.32 bits per heavy atom. The maximum absolute atomic E-state index is 10.9. The monoisotopic (exact) mass is 426 g/mol. The van der Waals surface area contributed by atoms with Crippen molar-refractivity contribution in [3.05, 3.63) is 11.6 Å². The van der Waals surface area contributed by atoms with Crippen molar-refractivity contribution < 1.29 is 5.11 Å². The van der Waals surface area contributed by atoms with Crippen LogP contribution in [0.3, 0.4) is 0 Å². The first kappa shape index (κ1) is 22.5. The average Bonchev–Trinajstić information content (AvgIpc) is 2.66. The number of aliphatic hydroxyl groups excluding tert-OH is 1. The molecule has 4 saturated carbocycles. The molecule has 0 aromatic heterocycles. The number of hydrogen-bond donors (Lipinski definition) is 1. The number of rotatable bonds is 0. The first-order chi connectivity index (χ1) is 14.2. The molecule has 0 saturated heterocycles. The number of allylic oxidation sites excluding steroid dienone is 2. The summed E-state index contributed by atoms with van der Waals surface area (Å²) in [6, 6.07) is 0. The fourth-order valence-corrected chi connectivity index (χ4v) is 10.8. The topological polar surface area (TPSA) is 20.2 Å². The Hall–Kier alpha value is -0.300. The summed E-state index contributed by atoms with van der Waals surface area (Å²) in [6.45, 7) is 20.4. The van der Waals surface area contributed by atoms with Crippen molar-refractivity contribution in [2.24, 2.45) is 50.2 Å². The summed E-state index contributed by atoms with van der Waals surface area (Å²) in [6.07, 6.45) is 15.8. The van der Waals surface area contributed by atoms with Crippen molar-refractivity contribution in [2.45, 2.75) is 126 Å². The molecule has 176 valence electrons. The van der Waals surface area contributed by atoms with Crippen LogP contribution in [-0.2, 0) is 0 Å². The lowest BCUT2D eigenvalue weighted by molar-refractivity contribution is -0.184. The molecule has 0 radical (unpaired) electrons. The van der Waals surface area contributed by atoms with E-state index in [0.29, 0.717) is 33.0 Å². The number of hydrogen-bond acceptors (Lipinski definition) is 1. The molecule has 31 heavy (non-hydrogen) atoms. The fraction of sp³-hybridized carbons (Fsp3) is 0.933. The highest BCUT2D eigenvalue weighted by Gasteiger charge is 2.66. The van der Waals surface area contributed by atoms with E-state index in [1.165, 1.54) is 57.8 Å². The molecule has 1 nitrogen and oxygen atoms in total. The average molecular weight is 427 g/mol. The Labute approximate surface area is 192 Å². The second kappa shape index (κ2) is 6.43. The minimum absolute atomic E-state index is 0.0575. The van der Waals surface area contributed by atoms with Crippen LogP contribution < -0.4 is 0 Å². The van der Waals surface area contributed by atoms with Gasteiger partial charge < -0.3 is 5.11 Å². The zero-order valence-electron chi connectivity index (χ0n) is 21.9. The molecule has 0 amide bonds. The van der Waals surface area contributed by atoms with E-state index in [2.05, 4.69) is 61.5 Å². The van der Waals surface area contributed by atoms with Crippen LogP contribution in [0.25, 0.3) is 0 Å². The van der Waals surface area contributed by atoms with Gasteiger partial charge in [0, 0.05) is 0 Å². The SMILES string of the molecule is CC1(C)CC[C@]2(C)CC=C3[C@]4(C)CC[C@@H]5C(C)(C)[C@@H](O)CC[C@]5(C)[C@@H]4CC[C@@]3(C)[C@@H]2C1. The summed E-state index contributed by atoms with van der Waals surface area (Å²) in [7, 11) is 0. The number of aliphatic hydroxyl groups is 1. The summed E-state index contributed by atoms with van der Waals surface area (Å²) in [5.41, 5.74) is 4.07. The highest BCUT2D eigenvalue weighted by atomic mass is 16.3. The molecule has 0 aliphatic heterocycles. The summed E-state index contributed by atoms with van der Waals surface area (Å²) in [5, 5.41) is 10.9. The first-order valence-corrected chi connectivity index (χ1v) is 13.6. The normalized spacial score (nSPS) is 55.2. The van der Waals surface area contributed by atoms with Crippen molar-refractivity contribution in [1.29, 1.82) is 0 Å². The molecule has 0 spiro atoms. The van der Waals surface area contributed by atoms with Gasteiger partial charge in [0.25, 0.3) is 0 Å². The predicted octanol–water partition coefficient (Wildman–Crippen LogP) is 8.17. The van der Waals surface area contributed by atoms with Crippen LogP contribution in [0, 0.1) is 50.2 Å². The molecule has 1 N–H and O–H groups in total. The molecule has 5 aliphatic rings. The van der Waals surface area contributed by atoms with Gasteiger partial charge in [-0.15, -0.1) is 0 Å². The van der Waals surface area contributed by atoms with Crippen LogP contribution >= 0.6 is 0 Å². The maximum atomic E-state index is 10.9. The summed E-state index contributed by atoms with van der Waals surface area (Å²) in [5.74, 6) is 2.29. The minimum Gasteiger partial charge on any atom is -0.393 e. The van der Waals surface area contributed by atoms with Crippen molar-refractivity contribution in [1.82, 2.24) is 0 Å². The molecule has 0 aromatic rings. The van der Waals surface area contributed by atoms with Crippen LogP contribution in [-0.4, -0.2) is 11.2 Å². The van der Waals surface area contributed by atoms with Crippen LogP contribution in [0.1, 0.15) is 120 Å². The Morgan fingerprint density at radius 1 is 0.710 bits per heavy atom. The highest BCUT2D eigenvalue weighted by molar-refractivity contribution is 5.34. The van der Waals surface area contributed by atoms with Crippen LogP contribution in [0.4, 0.5) is 0 Å². The zero-order valence-corrected chi connectivity index (χ0v) is 21.9. The Bertz CT molecular complexity index is 790. The van der Waals surface area contributed by atoms with E-state index < -0.39 is 0 Å². The van der Waals surface area contributed by atoms with E-state index in [9.17, 15) is 5.11 Å². The maximum Gasteiger partial charge on any atom is 0.0594 e. The van der Waals surface area contributed by atoms with Gasteiger partial charge >= 0.3 is 0 Å². The lowest BCUT2D eigenvalue weighted by Crippen LogP contribution is -2.63. The molecule has 0 aromatic carbocycles. The lowest BCUT2D eigenvalue weighted by Gasteiger charge is -2.70. The third-order valence-corrected chi connectivity index (χ3v) is 12.7. The molecule has 4 fully saturated rings. The van der Waals surface area contributed by atoms with Crippen molar-refractivity contribution >= 4 is 0 Å². The van der Waals surface area contributed by atoms with Gasteiger partial charge in [-0.1, -0.05) is 67.0 Å². The highest BCUT2D eigenvalue weighted by Crippen LogP contribution is 2.74. The van der Waals surface area contributed by atoms with Gasteiger partial charge in [-0.2, -0.15) is 0 Å². The van der Waals surface area contributed by atoms with Crippen LogP contribution in [0.5, 0.6) is 0 Å². The van der Waals surface area contributed by atoms with Crippen molar-refractivity contribution in [3.8, 4) is 0 Å². The summed E-state index contributed by atoms with van der Waals surface area (Å²) >= 11 is 0. The van der Waals surface area contributed by atoms with Gasteiger partial charge in [0.2, 0.25) is 0 Å². The molecule has 0 heterocycles. The van der Waals surface area contributed by atoms with Gasteiger partial charge in [-0.05, 0) is 114 Å². The number of fused-ring (bicyclic) bond motifs is 7. The second-order valence-corrected chi connectivity index (χ2v) is 15.3. The van der Waals surface area contributed by atoms with Crippen molar-refractivity contribution in [2.75, 3.05) is 0 Å². The van der Waals surface area contributed by atoms with E-state index in [1.807, 2.05) is 5.57 Å². The second-order valence-electron chi connectivity index (χ2n) is 15.3. The van der Waals surface area contributed by atoms with E-state index in [4.69, 9.17) is 0 Å². The van der Waals surface area contributed by atoms with E-state index in [0.717, 1.165) is 18.3 Å². The van der Waals surface area contributed by atoms with Crippen LogP contribution in [0.15, 0.2) is 11.6 Å². The van der Waals surface area contributed by atoms with Gasteiger partial charge in [0.1, 0.15) is 0 Å². The molecule has 0 unspecified atom stereocenters. The Morgan fingerprint density at radius 3 is 2.00 bits per heavy atom. The Balaban J connectivity index is 1.56. The Kier molecular flexibility index (Phi) is 4.66.